The van der Waals surface area contributed by atoms with Crippen LogP contribution in [0.4, 0.5) is 0 Å². The van der Waals surface area contributed by atoms with Crippen LogP contribution in [-0.2, 0) is 38.4 Å². The van der Waals surface area contributed by atoms with Crippen LogP contribution in [0.5, 0.6) is 17.2 Å². The van der Waals surface area contributed by atoms with Crippen LogP contribution in [0.25, 0.3) is 0 Å². The molecule has 4 unspecified atom stereocenters. The zero-order valence-corrected chi connectivity index (χ0v) is 22.9. The first kappa shape index (κ1) is 31.4. The zero-order valence-electron chi connectivity index (χ0n) is 22.9. The van der Waals surface area contributed by atoms with E-state index in [9.17, 15) is 39.6 Å². The average Bonchev–Trinajstić information content (AvgIpc) is 2.95. The van der Waals surface area contributed by atoms with E-state index < -0.39 is 47.9 Å². The minimum atomic E-state index is -1.35. The summed E-state index contributed by atoms with van der Waals surface area (Å²) in [7, 11) is 0. The Morgan fingerprint density at radius 3 is 1.17 bits per heavy atom. The number of aromatic hydroxyl groups is 3. The third-order valence-corrected chi connectivity index (χ3v) is 6.42. The van der Waals surface area contributed by atoms with Gasteiger partial charge in [0.05, 0.1) is 6.04 Å². The second kappa shape index (κ2) is 14.5. The number of amides is 3. The summed E-state index contributed by atoms with van der Waals surface area (Å²) in [5.74, 6) is -3.40. The summed E-state index contributed by atoms with van der Waals surface area (Å²) in [6.07, 6.45) is -0.136. The maximum absolute atomic E-state index is 13.5. The molecular weight excluding hydrogens is 544 g/mol. The molecule has 3 rings (SSSR count). The number of aliphatic carboxylic acids is 1. The lowest BCUT2D eigenvalue weighted by Crippen LogP contribution is -2.58. The number of benzene rings is 3. The molecule has 0 radical (unpaired) electrons. The highest BCUT2D eigenvalue weighted by molar-refractivity contribution is 5.94. The van der Waals surface area contributed by atoms with Gasteiger partial charge in [-0.1, -0.05) is 36.4 Å². The van der Waals surface area contributed by atoms with Crippen LogP contribution in [0, 0.1) is 0 Å². The molecule has 0 saturated heterocycles. The standard InChI is InChI=1S/C30H34N4O8/c1-17(31)27(38)32-24(14-18-2-8-21(35)9-3-18)28(39)33-25(15-19-4-10-22(36)11-5-19)29(40)34-26(30(41)42)16-20-6-12-23(37)13-7-20/h2-13,17,24-26,35-37H,14-16,31H2,1H3,(H,32,38)(H,33,39)(H,34,40)(H,41,42). The summed E-state index contributed by atoms with van der Waals surface area (Å²) >= 11 is 0. The molecule has 0 bridgehead atoms. The van der Waals surface area contributed by atoms with Gasteiger partial charge < -0.3 is 42.1 Å². The number of nitrogens with two attached hydrogens (primary N) is 1. The van der Waals surface area contributed by atoms with Gasteiger partial charge in [-0.3, -0.25) is 14.4 Å². The van der Waals surface area contributed by atoms with Gasteiger partial charge in [0.1, 0.15) is 35.4 Å². The van der Waals surface area contributed by atoms with Crippen molar-refractivity contribution in [3.05, 3.63) is 89.5 Å². The fraction of sp³-hybridized carbons (Fsp3) is 0.267. The number of carbonyl (C=O) groups is 4. The van der Waals surface area contributed by atoms with E-state index in [4.69, 9.17) is 5.73 Å². The first-order valence-electron chi connectivity index (χ1n) is 13.1. The monoisotopic (exact) mass is 578 g/mol. The summed E-state index contributed by atoms with van der Waals surface area (Å²) in [6.45, 7) is 1.45. The van der Waals surface area contributed by atoms with Crippen LogP contribution in [0.1, 0.15) is 23.6 Å². The van der Waals surface area contributed by atoms with Crippen molar-refractivity contribution >= 4 is 23.7 Å². The van der Waals surface area contributed by atoms with E-state index in [0.29, 0.717) is 16.7 Å². The summed E-state index contributed by atoms with van der Waals surface area (Å²) in [6, 6.07) is 13.1. The van der Waals surface area contributed by atoms with Gasteiger partial charge in [0.2, 0.25) is 17.7 Å². The summed E-state index contributed by atoms with van der Waals surface area (Å²) in [5, 5.41) is 46.2. The molecule has 3 amide bonds. The Labute approximate surface area is 242 Å². The molecule has 0 aliphatic carbocycles. The van der Waals surface area contributed by atoms with Gasteiger partial charge in [-0.2, -0.15) is 0 Å². The molecular formula is C30H34N4O8. The molecule has 0 aliphatic heterocycles. The molecule has 222 valence electrons. The molecule has 12 heteroatoms. The van der Waals surface area contributed by atoms with Crippen LogP contribution in [0.15, 0.2) is 72.8 Å². The molecule has 12 nitrogen and oxygen atoms in total. The van der Waals surface area contributed by atoms with Crippen molar-refractivity contribution in [3.63, 3.8) is 0 Å². The molecule has 3 aromatic rings. The van der Waals surface area contributed by atoms with Crippen molar-refractivity contribution in [3.8, 4) is 17.2 Å². The smallest absolute Gasteiger partial charge is 0.326 e. The molecule has 0 saturated carbocycles. The number of carboxylic acid groups (broad SMARTS) is 1. The molecule has 4 atom stereocenters. The van der Waals surface area contributed by atoms with Crippen LogP contribution in [0.2, 0.25) is 0 Å². The maximum Gasteiger partial charge on any atom is 0.326 e. The van der Waals surface area contributed by atoms with Gasteiger partial charge in [-0.25, -0.2) is 4.79 Å². The number of carboxylic acids is 1. The lowest BCUT2D eigenvalue weighted by Gasteiger charge is -2.25. The first-order valence-corrected chi connectivity index (χ1v) is 13.1. The second-order valence-corrected chi connectivity index (χ2v) is 9.92. The van der Waals surface area contributed by atoms with Crippen molar-refractivity contribution in [2.45, 2.75) is 50.4 Å². The van der Waals surface area contributed by atoms with Crippen molar-refractivity contribution in [1.29, 1.82) is 0 Å². The topological polar surface area (TPSA) is 211 Å². The Kier molecular flexibility index (Phi) is 10.9. The molecule has 0 aliphatic rings. The van der Waals surface area contributed by atoms with Crippen molar-refractivity contribution in [2.75, 3.05) is 0 Å². The fourth-order valence-corrected chi connectivity index (χ4v) is 4.07. The molecule has 9 N–H and O–H groups in total. The van der Waals surface area contributed by atoms with Gasteiger partial charge in [0.15, 0.2) is 0 Å². The third kappa shape index (κ3) is 9.52. The van der Waals surface area contributed by atoms with E-state index in [2.05, 4.69) is 16.0 Å². The molecule has 0 fully saturated rings. The molecule has 0 spiro atoms. The zero-order chi connectivity index (χ0) is 30.8. The van der Waals surface area contributed by atoms with Gasteiger partial charge in [0.25, 0.3) is 0 Å². The predicted octanol–water partition coefficient (Wildman–Crippen LogP) is 0.718. The van der Waals surface area contributed by atoms with E-state index in [1.165, 1.54) is 55.5 Å². The van der Waals surface area contributed by atoms with E-state index >= 15 is 0 Å². The number of hydrogen-bond donors (Lipinski definition) is 8. The minimum absolute atomic E-state index is 0.00351. The number of rotatable bonds is 13. The Bertz CT molecular complexity index is 1380. The Morgan fingerprint density at radius 1 is 0.571 bits per heavy atom. The van der Waals surface area contributed by atoms with Crippen molar-refractivity contribution in [1.82, 2.24) is 16.0 Å². The number of phenols is 3. The number of phenolic OH excluding ortho intramolecular Hbond substituents is 3. The normalized spacial score (nSPS) is 13.7. The highest BCUT2D eigenvalue weighted by atomic mass is 16.4. The minimum Gasteiger partial charge on any atom is -0.508 e. The summed E-state index contributed by atoms with van der Waals surface area (Å²) < 4.78 is 0. The van der Waals surface area contributed by atoms with Crippen LogP contribution >= 0.6 is 0 Å². The van der Waals surface area contributed by atoms with Crippen LogP contribution in [-0.4, -0.2) is 68.3 Å². The Morgan fingerprint density at radius 2 is 0.857 bits per heavy atom. The summed E-state index contributed by atoms with van der Waals surface area (Å²) in [4.78, 5) is 51.4. The molecule has 3 aromatic carbocycles. The number of carbonyl (C=O) groups excluding carboxylic acids is 3. The second-order valence-electron chi connectivity index (χ2n) is 9.92. The molecule has 0 aromatic heterocycles. The van der Waals surface area contributed by atoms with E-state index in [-0.39, 0.29) is 36.5 Å². The van der Waals surface area contributed by atoms with Gasteiger partial charge in [-0.15, -0.1) is 0 Å². The highest BCUT2D eigenvalue weighted by Gasteiger charge is 2.30. The highest BCUT2D eigenvalue weighted by Crippen LogP contribution is 2.15. The molecule has 0 heterocycles. The SMILES string of the molecule is CC(N)C(=O)NC(Cc1ccc(O)cc1)C(=O)NC(Cc1ccc(O)cc1)C(=O)NC(Cc1ccc(O)cc1)C(=O)O. The fourth-order valence-electron chi connectivity index (χ4n) is 4.07. The van der Waals surface area contributed by atoms with Gasteiger partial charge in [0, 0.05) is 19.3 Å². The van der Waals surface area contributed by atoms with E-state index in [1.54, 1.807) is 24.3 Å². The predicted molar refractivity (Wildman–Crippen MR) is 153 cm³/mol. The number of nitrogens with one attached hydrogen (secondary N) is 3. The number of hydrogen-bond acceptors (Lipinski definition) is 8. The maximum atomic E-state index is 13.5. The lowest BCUT2D eigenvalue weighted by molar-refractivity contribution is -0.142. The van der Waals surface area contributed by atoms with E-state index in [0.717, 1.165) is 0 Å². The Hall–Kier alpha value is -5.10. The van der Waals surface area contributed by atoms with Gasteiger partial charge >= 0.3 is 5.97 Å². The van der Waals surface area contributed by atoms with Crippen molar-refractivity contribution in [2.24, 2.45) is 5.73 Å². The third-order valence-electron chi connectivity index (χ3n) is 6.42. The van der Waals surface area contributed by atoms with Crippen LogP contribution < -0.4 is 21.7 Å². The first-order chi connectivity index (χ1) is 19.9. The largest absolute Gasteiger partial charge is 0.508 e. The quantitative estimate of drug-likeness (QED) is 0.143. The van der Waals surface area contributed by atoms with Gasteiger partial charge in [-0.05, 0) is 60.0 Å². The van der Waals surface area contributed by atoms with Crippen LogP contribution in [0.3, 0.4) is 0 Å². The lowest BCUT2D eigenvalue weighted by atomic mass is 10.0. The van der Waals surface area contributed by atoms with Crippen molar-refractivity contribution < 1.29 is 39.6 Å². The Balaban J connectivity index is 1.85. The van der Waals surface area contributed by atoms with E-state index in [1.807, 2.05) is 0 Å². The summed E-state index contributed by atoms with van der Waals surface area (Å²) in [5.41, 5.74) is 7.41. The molecule has 42 heavy (non-hydrogen) atoms. The average molecular weight is 579 g/mol.